The van der Waals surface area contributed by atoms with E-state index >= 15 is 0 Å². The second kappa shape index (κ2) is 6.55. The second-order valence-electron chi connectivity index (χ2n) is 4.56. The number of likely N-dealkylation sites (N-methyl/N-ethyl adjacent to an activating group) is 1. The molecule has 0 radical (unpaired) electrons. The van der Waals surface area contributed by atoms with Gasteiger partial charge in [0, 0.05) is 5.56 Å². The van der Waals surface area contributed by atoms with E-state index in [-0.39, 0.29) is 11.8 Å². The lowest BCUT2D eigenvalue weighted by Crippen LogP contribution is -2.36. The molecular formula is C15H23NO. The number of nitrogens with one attached hydrogen (secondary N) is 1. The third-order valence-electron chi connectivity index (χ3n) is 3.14. The van der Waals surface area contributed by atoms with Gasteiger partial charge in [0.2, 0.25) is 0 Å². The van der Waals surface area contributed by atoms with Gasteiger partial charge in [0.05, 0.1) is 6.04 Å². The molecule has 0 aliphatic rings. The SMILES string of the molecule is CCC[C@@H](NCC)C(=O)c1ccc(C)c(C)c1. The van der Waals surface area contributed by atoms with Gasteiger partial charge < -0.3 is 5.32 Å². The van der Waals surface area contributed by atoms with E-state index in [2.05, 4.69) is 19.2 Å². The van der Waals surface area contributed by atoms with Crippen LogP contribution in [0.5, 0.6) is 0 Å². The van der Waals surface area contributed by atoms with Gasteiger partial charge in [0.15, 0.2) is 5.78 Å². The van der Waals surface area contributed by atoms with Gasteiger partial charge >= 0.3 is 0 Å². The summed E-state index contributed by atoms with van der Waals surface area (Å²) in [5.74, 6) is 0.219. The maximum Gasteiger partial charge on any atom is 0.179 e. The molecule has 0 saturated carbocycles. The molecule has 1 N–H and O–H groups in total. The molecular weight excluding hydrogens is 210 g/mol. The van der Waals surface area contributed by atoms with E-state index in [1.807, 2.05) is 32.0 Å². The summed E-state index contributed by atoms with van der Waals surface area (Å²) in [4.78, 5) is 12.3. The van der Waals surface area contributed by atoms with Crippen LogP contribution in [0.25, 0.3) is 0 Å². The van der Waals surface area contributed by atoms with Crippen molar-refractivity contribution in [1.82, 2.24) is 5.32 Å². The number of hydrogen-bond acceptors (Lipinski definition) is 2. The fourth-order valence-electron chi connectivity index (χ4n) is 1.96. The zero-order valence-corrected chi connectivity index (χ0v) is 11.3. The number of ketones is 1. The van der Waals surface area contributed by atoms with Crippen molar-refractivity contribution in [3.8, 4) is 0 Å². The number of Topliss-reactive ketones (excluding diaryl/α,β-unsaturated/α-hetero) is 1. The van der Waals surface area contributed by atoms with Gasteiger partial charge in [-0.2, -0.15) is 0 Å². The van der Waals surface area contributed by atoms with Gasteiger partial charge in [-0.3, -0.25) is 4.79 Å². The van der Waals surface area contributed by atoms with Gasteiger partial charge in [-0.05, 0) is 44.0 Å². The topological polar surface area (TPSA) is 29.1 Å². The molecule has 1 rings (SSSR count). The fourth-order valence-corrected chi connectivity index (χ4v) is 1.96. The molecule has 1 aromatic carbocycles. The highest BCUT2D eigenvalue weighted by Crippen LogP contribution is 2.13. The summed E-state index contributed by atoms with van der Waals surface area (Å²) in [6.07, 6.45) is 1.92. The summed E-state index contributed by atoms with van der Waals surface area (Å²) >= 11 is 0. The highest BCUT2D eigenvalue weighted by molar-refractivity contribution is 6.00. The van der Waals surface area contributed by atoms with Gasteiger partial charge in [0.1, 0.15) is 0 Å². The van der Waals surface area contributed by atoms with Crippen LogP contribution in [-0.2, 0) is 0 Å². The Morgan fingerprint density at radius 2 is 1.94 bits per heavy atom. The molecule has 0 aliphatic heterocycles. The van der Waals surface area contributed by atoms with Crippen molar-refractivity contribution in [2.75, 3.05) is 6.54 Å². The molecule has 94 valence electrons. The Labute approximate surface area is 104 Å². The molecule has 2 heteroatoms. The van der Waals surface area contributed by atoms with E-state index in [0.29, 0.717) is 0 Å². The van der Waals surface area contributed by atoms with E-state index in [1.54, 1.807) is 0 Å². The number of hydrogen-bond donors (Lipinski definition) is 1. The zero-order chi connectivity index (χ0) is 12.8. The van der Waals surface area contributed by atoms with Crippen molar-refractivity contribution in [3.05, 3.63) is 34.9 Å². The molecule has 17 heavy (non-hydrogen) atoms. The van der Waals surface area contributed by atoms with Gasteiger partial charge in [-0.25, -0.2) is 0 Å². The lowest BCUT2D eigenvalue weighted by Gasteiger charge is -2.16. The molecule has 1 aromatic rings. The van der Waals surface area contributed by atoms with Crippen molar-refractivity contribution >= 4 is 5.78 Å². The number of benzene rings is 1. The van der Waals surface area contributed by atoms with Gasteiger partial charge in [-0.15, -0.1) is 0 Å². The smallest absolute Gasteiger partial charge is 0.179 e. The molecule has 0 heterocycles. The predicted molar refractivity (Wildman–Crippen MR) is 72.6 cm³/mol. The summed E-state index contributed by atoms with van der Waals surface area (Å²) < 4.78 is 0. The highest BCUT2D eigenvalue weighted by Gasteiger charge is 2.18. The minimum atomic E-state index is -0.0351. The Kier molecular flexibility index (Phi) is 5.36. The van der Waals surface area contributed by atoms with Crippen molar-refractivity contribution in [1.29, 1.82) is 0 Å². The number of carbonyl (C=O) groups excluding carboxylic acids is 1. The molecule has 0 saturated heterocycles. The van der Waals surface area contributed by atoms with Crippen LogP contribution >= 0.6 is 0 Å². The van der Waals surface area contributed by atoms with Crippen LogP contribution in [0.3, 0.4) is 0 Å². The molecule has 1 atom stereocenters. The van der Waals surface area contributed by atoms with Gasteiger partial charge in [0.25, 0.3) is 0 Å². The summed E-state index contributed by atoms with van der Waals surface area (Å²) in [7, 11) is 0. The zero-order valence-electron chi connectivity index (χ0n) is 11.3. The lowest BCUT2D eigenvalue weighted by molar-refractivity contribution is 0.0938. The molecule has 0 fully saturated rings. The maximum atomic E-state index is 12.3. The van der Waals surface area contributed by atoms with Crippen LogP contribution in [0.1, 0.15) is 48.2 Å². The van der Waals surface area contributed by atoms with Crippen LogP contribution in [0.2, 0.25) is 0 Å². The third kappa shape index (κ3) is 3.67. The van der Waals surface area contributed by atoms with Crippen molar-refractivity contribution in [2.24, 2.45) is 0 Å². The Hall–Kier alpha value is -1.15. The second-order valence-corrected chi connectivity index (χ2v) is 4.56. The summed E-state index contributed by atoms with van der Waals surface area (Å²) in [5.41, 5.74) is 3.24. The number of rotatable bonds is 6. The summed E-state index contributed by atoms with van der Waals surface area (Å²) in [6.45, 7) is 9.10. The van der Waals surface area contributed by atoms with Crippen molar-refractivity contribution in [3.63, 3.8) is 0 Å². The van der Waals surface area contributed by atoms with E-state index in [1.165, 1.54) is 11.1 Å². The molecule has 0 aliphatic carbocycles. The Balaban J connectivity index is 2.88. The van der Waals surface area contributed by atoms with E-state index in [0.717, 1.165) is 24.9 Å². The van der Waals surface area contributed by atoms with E-state index in [9.17, 15) is 4.79 Å². The van der Waals surface area contributed by atoms with Crippen LogP contribution in [0, 0.1) is 13.8 Å². The average Bonchev–Trinajstić information content (AvgIpc) is 2.31. The molecule has 0 unspecified atom stereocenters. The maximum absolute atomic E-state index is 12.3. The van der Waals surface area contributed by atoms with Gasteiger partial charge in [-0.1, -0.05) is 32.4 Å². The largest absolute Gasteiger partial charge is 0.307 e. The first-order valence-electron chi connectivity index (χ1n) is 6.45. The van der Waals surface area contributed by atoms with E-state index in [4.69, 9.17) is 0 Å². The first-order chi connectivity index (χ1) is 8.10. The minimum absolute atomic E-state index is 0.0351. The first-order valence-corrected chi connectivity index (χ1v) is 6.45. The molecule has 0 aromatic heterocycles. The van der Waals surface area contributed by atoms with Crippen molar-refractivity contribution < 1.29 is 4.79 Å². The quantitative estimate of drug-likeness (QED) is 0.764. The third-order valence-corrected chi connectivity index (χ3v) is 3.14. The summed E-state index contributed by atoms with van der Waals surface area (Å²) in [5, 5.41) is 3.27. The predicted octanol–water partition coefficient (Wildman–Crippen LogP) is 3.26. The Morgan fingerprint density at radius 1 is 1.24 bits per heavy atom. The van der Waals surface area contributed by atoms with Crippen molar-refractivity contribution in [2.45, 2.75) is 46.6 Å². The van der Waals surface area contributed by atoms with Crippen LogP contribution in [0.4, 0.5) is 0 Å². The summed E-state index contributed by atoms with van der Waals surface area (Å²) in [6, 6.07) is 5.92. The highest BCUT2D eigenvalue weighted by atomic mass is 16.1. The first kappa shape index (κ1) is 13.9. The fraction of sp³-hybridized carbons (Fsp3) is 0.533. The molecule has 0 spiro atoms. The average molecular weight is 233 g/mol. The van der Waals surface area contributed by atoms with Crippen LogP contribution < -0.4 is 5.32 Å². The molecule has 0 bridgehead atoms. The normalized spacial score (nSPS) is 12.5. The standard InChI is InChI=1S/C15H23NO/c1-5-7-14(16-6-2)15(17)13-9-8-11(3)12(4)10-13/h8-10,14,16H,5-7H2,1-4H3/t14-/m1/s1. The number of carbonyl (C=O) groups is 1. The minimum Gasteiger partial charge on any atom is -0.307 e. The van der Waals surface area contributed by atoms with Crippen LogP contribution in [0.15, 0.2) is 18.2 Å². The number of aryl methyl sites for hydroxylation is 2. The Bertz CT molecular complexity index is 379. The Morgan fingerprint density at radius 3 is 2.47 bits per heavy atom. The van der Waals surface area contributed by atoms with Crippen LogP contribution in [-0.4, -0.2) is 18.4 Å². The lowest BCUT2D eigenvalue weighted by atomic mass is 9.97. The monoisotopic (exact) mass is 233 g/mol. The molecule has 0 amide bonds. The molecule has 2 nitrogen and oxygen atoms in total. The van der Waals surface area contributed by atoms with E-state index < -0.39 is 0 Å².